The molecule has 0 aromatic carbocycles. The van der Waals surface area contributed by atoms with Crippen LogP contribution in [0.1, 0.15) is 25.1 Å². The Hall–Kier alpha value is -1.31. The molecule has 8 heteroatoms. The molecular formula is C10H13F3N2O2S. The van der Waals surface area contributed by atoms with Gasteiger partial charge >= 0.3 is 12.1 Å². The van der Waals surface area contributed by atoms with Crippen LogP contribution in [0, 0.1) is 5.92 Å². The molecule has 2 N–H and O–H groups in total. The predicted molar refractivity (Wildman–Crippen MR) is 61.6 cm³/mol. The molecule has 0 fully saturated rings. The zero-order valence-electron chi connectivity index (χ0n) is 9.78. The Bertz CT molecular complexity index is 418. The first kappa shape index (κ1) is 14.7. The van der Waals surface area contributed by atoms with Gasteiger partial charge in [-0.25, -0.2) is 9.78 Å². The molecule has 0 aliphatic heterocycles. The van der Waals surface area contributed by atoms with Crippen LogP contribution in [-0.2, 0) is 11.0 Å². The highest BCUT2D eigenvalue weighted by atomic mass is 32.1. The Morgan fingerprint density at radius 2 is 2.17 bits per heavy atom. The van der Waals surface area contributed by atoms with Crippen LogP contribution in [0.2, 0.25) is 0 Å². The van der Waals surface area contributed by atoms with Gasteiger partial charge in [0.15, 0.2) is 5.13 Å². The van der Waals surface area contributed by atoms with Crippen LogP contribution >= 0.6 is 11.3 Å². The SMILES string of the molecule is CC(C)C[C@H](Nc1ncc(C(F)(F)F)s1)C(=O)O. The molecule has 0 radical (unpaired) electrons. The highest BCUT2D eigenvalue weighted by Crippen LogP contribution is 2.35. The van der Waals surface area contributed by atoms with Crippen molar-refractivity contribution >= 4 is 22.4 Å². The summed E-state index contributed by atoms with van der Waals surface area (Å²) < 4.78 is 37.0. The van der Waals surface area contributed by atoms with Crippen LogP contribution in [0.3, 0.4) is 0 Å². The molecule has 102 valence electrons. The Balaban J connectivity index is 2.76. The molecule has 0 spiro atoms. The molecule has 0 amide bonds. The summed E-state index contributed by atoms with van der Waals surface area (Å²) in [5.41, 5.74) is 0. The average Bonchev–Trinajstić information content (AvgIpc) is 2.63. The fourth-order valence-electron chi connectivity index (χ4n) is 1.31. The number of carboxylic acid groups (broad SMARTS) is 1. The Morgan fingerprint density at radius 1 is 1.56 bits per heavy atom. The Morgan fingerprint density at radius 3 is 2.56 bits per heavy atom. The first-order valence-electron chi connectivity index (χ1n) is 5.22. The van der Waals surface area contributed by atoms with Crippen LogP contribution in [0.4, 0.5) is 18.3 Å². The number of aliphatic carboxylic acids is 1. The fraction of sp³-hybridized carbons (Fsp3) is 0.600. The minimum Gasteiger partial charge on any atom is -0.480 e. The Kier molecular flexibility index (Phi) is 4.55. The van der Waals surface area contributed by atoms with E-state index in [1.54, 1.807) is 0 Å². The van der Waals surface area contributed by atoms with Crippen molar-refractivity contribution in [2.24, 2.45) is 5.92 Å². The first-order valence-corrected chi connectivity index (χ1v) is 6.04. The molecule has 1 rings (SSSR count). The second-order valence-corrected chi connectivity index (χ2v) is 5.22. The maximum Gasteiger partial charge on any atom is 0.427 e. The summed E-state index contributed by atoms with van der Waals surface area (Å²) in [5, 5.41) is 11.4. The highest BCUT2D eigenvalue weighted by molar-refractivity contribution is 7.15. The number of carboxylic acids is 1. The molecule has 0 saturated carbocycles. The summed E-state index contributed by atoms with van der Waals surface area (Å²) in [4.78, 5) is 13.6. The predicted octanol–water partition coefficient (Wildman–Crippen LogP) is 3.07. The summed E-state index contributed by atoms with van der Waals surface area (Å²) >= 11 is 0.402. The van der Waals surface area contributed by atoms with E-state index >= 15 is 0 Å². The van der Waals surface area contributed by atoms with Crippen molar-refractivity contribution < 1.29 is 23.1 Å². The van der Waals surface area contributed by atoms with Gasteiger partial charge in [0, 0.05) is 0 Å². The number of hydrogen-bond acceptors (Lipinski definition) is 4. The summed E-state index contributed by atoms with van der Waals surface area (Å²) in [7, 11) is 0. The van der Waals surface area contributed by atoms with Gasteiger partial charge in [0.1, 0.15) is 10.9 Å². The van der Waals surface area contributed by atoms with E-state index in [4.69, 9.17) is 5.11 Å². The zero-order valence-corrected chi connectivity index (χ0v) is 10.6. The van der Waals surface area contributed by atoms with E-state index in [1.165, 1.54) is 0 Å². The lowest BCUT2D eigenvalue weighted by atomic mass is 10.0. The summed E-state index contributed by atoms with van der Waals surface area (Å²) in [6.45, 7) is 3.67. The largest absolute Gasteiger partial charge is 0.480 e. The summed E-state index contributed by atoms with van der Waals surface area (Å²) in [6, 6.07) is -0.933. The lowest BCUT2D eigenvalue weighted by molar-refractivity contribution is -0.138. The zero-order chi connectivity index (χ0) is 13.9. The lowest BCUT2D eigenvalue weighted by Crippen LogP contribution is -2.30. The monoisotopic (exact) mass is 282 g/mol. The van der Waals surface area contributed by atoms with Crippen molar-refractivity contribution in [1.29, 1.82) is 0 Å². The van der Waals surface area contributed by atoms with Gasteiger partial charge in [0.05, 0.1) is 6.20 Å². The second-order valence-electron chi connectivity index (χ2n) is 4.19. The molecular weight excluding hydrogens is 269 g/mol. The van der Waals surface area contributed by atoms with Crippen LogP contribution in [-0.4, -0.2) is 22.1 Å². The van der Waals surface area contributed by atoms with Crippen LogP contribution < -0.4 is 5.32 Å². The maximum atomic E-state index is 12.3. The quantitative estimate of drug-likeness (QED) is 0.871. The van der Waals surface area contributed by atoms with Gasteiger partial charge in [-0.1, -0.05) is 25.2 Å². The summed E-state index contributed by atoms with van der Waals surface area (Å²) in [6.07, 6.45) is -3.44. The van der Waals surface area contributed by atoms with Crippen molar-refractivity contribution in [3.63, 3.8) is 0 Å². The molecule has 0 aliphatic carbocycles. The third kappa shape index (κ3) is 4.17. The second kappa shape index (κ2) is 5.55. The standard InChI is InChI=1S/C10H13F3N2O2S/c1-5(2)3-6(8(16)17)15-9-14-4-7(18-9)10(11,12)13/h4-6H,3H2,1-2H3,(H,14,15)(H,16,17)/t6-/m0/s1. The third-order valence-corrected chi connectivity index (χ3v) is 3.06. The van der Waals surface area contributed by atoms with Crippen LogP contribution in [0.25, 0.3) is 0 Å². The third-order valence-electron chi connectivity index (χ3n) is 2.09. The fourth-order valence-corrected chi connectivity index (χ4v) is 2.05. The number of carbonyl (C=O) groups is 1. The van der Waals surface area contributed by atoms with Gasteiger partial charge in [-0.2, -0.15) is 13.2 Å². The number of aromatic nitrogens is 1. The van der Waals surface area contributed by atoms with E-state index < -0.39 is 23.1 Å². The minimum absolute atomic E-state index is 0.0321. The number of hydrogen-bond donors (Lipinski definition) is 2. The van der Waals surface area contributed by atoms with Crippen molar-refractivity contribution in [3.05, 3.63) is 11.1 Å². The van der Waals surface area contributed by atoms with E-state index in [9.17, 15) is 18.0 Å². The van der Waals surface area contributed by atoms with Crippen molar-refractivity contribution in [3.8, 4) is 0 Å². The Labute approximate surface area is 106 Å². The van der Waals surface area contributed by atoms with E-state index in [0.717, 1.165) is 0 Å². The van der Waals surface area contributed by atoms with E-state index in [-0.39, 0.29) is 11.0 Å². The van der Waals surface area contributed by atoms with Gasteiger partial charge in [-0.15, -0.1) is 0 Å². The van der Waals surface area contributed by atoms with Gasteiger partial charge in [0.25, 0.3) is 0 Å². The molecule has 0 bridgehead atoms. The van der Waals surface area contributed by atoms with E-state index in [0.29, 0.717) is 24.0 Å². The molecule has 0 unspecified atom stereocenters. The average molecular weight is 282 g/mol. The van der Waals surface area contributed by atoms with Crippen LogP contribution in [0.5, 0.6) is 0 Å². The highest BCUT2D eigenvalue weighted by Gasteiger charge is 2.33. The normalized spacial score (nSPS) is 13.7. The number of halogens is 3. The topological polar surface area (TPSA) is 62.2 Å². The lowest BCUT2D eigenvalue weighted by Gasteiger charge is -2.15. The molecule has 4 nitrogen and oxygen atoms in total. The molecule has 0 aliphatic rings. The van der Waals surface area contributed by atoms with E-state index in [1.807, 2.05) is 13.8 Å². The smallest absolute Gasteiger partial charge is 0.427 e. The number of thiazole rings is 1. The number of rotatable bonds is 5. The molecule has 1 aromatic rings. The minimum atomic E-state index is -4.45. The number of nitrogens with one attached hydrogen (secondary N) is 1. The van der Waals surface area contributed by atoms with Gasteiger partial charge in [-0.3, -0.25) is 0 Å². The van der Waals surface area contributed by atoms with Crippen molar-refractivity contribution in [1.82, 2.24) is 4.98 Å². The molecule has 1 heterocycles. The summed E-state index contributed by atoms with van der Waals surface area (Å²) in [5.74, 6) is -0.992. The van der Waals surface area contributed by atoms with Gasteiger partial charge in [0.2, 0.25) is 0 Å². The number of nitrogens with zero attached hydrogens (tertiary/aromatic N) is 1. The van der Waals surface area contributed by atoms with Crippen molar-refractivity contribution in [2.75, 3.05) is 5.32 Å². The number of anilines is 1. The molecule has 18 heavy (non-hydrogen) atoms. The first-order chi connectivity index (χ1) is 8.20. The molecule has 0 saturated heterocycles. The maximum absolute atomic E-state index is 12.3. The number of alkyl halides is 3. The van der Waals surface area contributed by atoms with Gasteiger partial charge < -0.3 is 10.4 Å². The molecule has 1 aromatic heterocycles. The van der Waals surface area contributed by atoms with Crippen molar-refractivity contribution in [2.45, 2.75) is 32.5 Å². The van der Waals surface area contributed by atoms with Crippen LogP contribution in [0.15, 0.2) is 6.20 Å². The van der Waals surface area contributed by atoms with Gasteiger partial charge in [-0.05, 0) is 12.3 Å². The van der Waals surface area contributed by atoms with E-state index in [2.05, 4.69) is 10.3 Å². The molecule has 1 atom stereocenters.